The second kappa shape index (κ2) is 6.78. The van der Waals surface area contributed by atoms with Crippen molar-refractivity contribution in [1.29, 1.82) is 0 Å². The predicted octanol–water partition coefficient (Wildman–Crippen LogP) is 3.92. The quantitative estimate of drug-likeness (QED) is 0.764. The summed E-state index contributed by atoms with van der Waals surface area (Å²) in [6.07, 6.45) is 2.70. The molecule has 6 heteroatoms. The maximum Gasteiger partial charge on any atom is 0.258 e. The number of anilines is 2. The van der Waals surface area contributed by atoms with Gasteiger partial charge in [0.2, 0.25) is 0 Å². The summed E-state index contributed by atoms with van der Waals surface area (Å²) < 4.78 is 18.1. The van der Waals surface area contributed by atoms with Gasteiger partial charge in [0, 0.05) is 5.69 Å². The van der Waals surface area contributed by atoms with Crippen LogP contribution in [-0.4, -0.2) is 11.8 Å². The van der Waals surface area contributed by atoms with E-state index in [1.54, 1.807) is 30.3 Å². The molecule has 0 saturated heterocycles. The normalized spacial score (nSPS) is 10.2. The first kappa shape index (κ1) is 15.5. The van der Waals surface area contributed by atoms with Crippen LogP contribution in [0.15, 0.2) is 71.5 Å². The Labute approximate surface area is 137 Å². The van der Waals surface area contributed by atoms with Crippen molar-refractivity contribution in [3.05, 3.63) is 84.1 Å². The van der Waals surface area contributed by atoms with Crippen molar-refractivity contribution in [3.8, 4) is 0 Å². The maximum absolute atomic E-state index is 13.2. The molecule has 1 heterocycles. The van der Waals surface area contributed by atoms with E-state index in [4.69, 9.17) is 4.42 Å². The Bertz CT molecular complexity index is 875. The average Bonchev–Trinajstić information content (AvgIpc) is 3.10. The van der Waals surface area contributed by atoms with E-state index in [0.717, 1.165) is 0 Å². The number of carbonyl (C=O) groups is 2. The molecule has 0 bridgehead atoms. The summed E-state index contributed by atoms with van der Waals surface area (Å²) in [6, 6.07) is 13.6. The van der Waals surface area contributed by atoms with E-state index in [-0.39, 0.29) is 5.56 Å². The summed E-state index contributed by atoms with van der Waals surface area (Å²) in [5.74, 6) is -1.30. The van der Waals surface area contributed by atoms with Crippen molar-refractivity contribution in [2.75, 3.05) is 10.6 Å². The van der Waals surface area contributed by atoms with Crippen LogP contribution in [-0.2, 0) is 0 Å². The fourth-order valence-corrected chi connectivity index (χ4v) is 2.14. The zero-order valence-corrected chi connectivity index (χ0v) is 12.5. The molecule has 0 aliphatic rings. The average molecular weight is 324 g/mol. The number of benzene rings is 2. The van der Waals surface area contributed by atoms with E-state index in [9.17, 15) is 14.0 Å². The number of nitrogens with one attached hydrogen (secondary N) is 2. The van der Waals surface area contributed by atoms with Gasteiger partial charge in [0.25, 0.3) is 11.8 Å². The lowest BCUT2D eigenvalue weighted by Crippen LogP contribution is -2.18. The van der Waals surface area contributed by atoms with Gasteiger partial charge in [0.05, 0.1) is 23.1 Å². The molecule has 120 valence electrons. The second-order valence-corrected chi connectivity index (χ2v) is 4.98. The molecule has 1 aromatic heterocycles. The molecular formula is C18H13FN2O3. The Morgan fingerprint density at radius 2 is 1.75 bits per heavy atom. The van der Waals surface area contributed by atoms with Crippen LogP contribution in [0.1, 0.15) is 20.7 Å². The van der Waals surface area contributed by atoms with Crippen LogP contribution in [0, 0.1) is 5.82 Å². The summed E-state index contributed by atoms with van der Waals surface area (Å²) in [5, 5.41) is 5.26. The topological polar surface area (TPSA) is 71.3 Å². The molecule has 0 atom stereocenters. The predicted molar refractivity (Wildman–Crippen MR) is 87.5 cm³/mol. The van der Waals surface area contributed by atoms with Crippen molar-refractivity contribution < 1.29 is 18.4 Å². The van der Waals surface area contributed by atoms with Crippen LogP contribution in [0.2, 0.25) is 0 Å². The molecule has 0 fully saturated rings. The summed E-state index contributed by atoms with van der Waals surface area (Å²) >= 11 is 0. The van der Waals surface area contributed by atoms with Crippen LogP contribution in [0.25, 0.3) is 0 Å². The standard InChI is InChI=1S/C18H13FN2O3/c19-13-4-3-5-14(10-13)20-18(23)15-6-1-2-7-16(15)21-17(22)12-8-9-24-11-12/h1-11H,(H,20,23)(H,21,22). The number of halogens is 1. The van der Waals surface area contributed by atoms with Gasteiger partial charge in [0.15, 0.2) is 0 Å². The molecule has 0 aliphatic heterocycles. The van der Waals surface area contributed by atoms with Gasteiger partial charge in [-0.1, -0.05) is 18.2 Å². The van der Waals surface area contributed by atoms with Crippen molar-refractivity contribution in [2.24, 2.45) is 0 Å². The van der Waals surface area contributed by atoms with Crippen molar-refractivity contribution in [1.82, 2.24) is 0 Å². The van der Waals surface area contributed by atoms with Crippen molar-refractivity contribution in [2.45, 2.75) is 0 Å². The molecular weight excluding hydrogens is 311 g/mol. The number of furan rings is 1. The van der Waals surface area contributed by atoms with Crippen LogP contribution in [0.3, 0.4) is 0 Å². The zero-order valence-electron chi connectivity index (χ0n) is 12.5. The SMILES string of the molecule is O=C(Nc1ccccc1C(=O)Nc1cccc(F)c1)c1ccoc1. The van der Waals surface area contributed by atoms with E-state index in [2.05, 4.69) is 10.6 Å². The largest absolute Gasteiger partial charge is 0.472 e. The van der Waals surface area contributed by atoms with Gasteiger partial charge in [0.1, 0.15) is 12.1 Å². The zero-order chi connectivity index (χ0) is 16.9. The fourth-order valence-electron chi connectivity index (χ4n) is 2.14. The van der Waals surface area contributed by atoms with Gasteiger partial charge in [-0.15, -0.1) is 0 Å². The number of amides is 2. The first-order chi connectivity index (χ1) is 11.6. The minimum atomic E-state index is -0.455. The number of carbonyl (C=O) groups excluding carboxylic acids is 2. The first-order valence-electron chi connectivity index (χ1n) is 7.13. The minimum absolute atomic E-state index is 0.263. The molecule has 2 aromatic carbocycles. The van der Waals surface area contributed by atoms with E-state index >= 15 is 0 Å². The number of hydrogen-bond acceptors (Lipinski definition) is 3. The molecule has 0 spiro atoms. The molecule has 0 unspecified atom stereocenters. The lowest BCUT2D eigenvalue weighted by molar-refractivity contribution is 0.102. The molecule has 0 radical (unpaired) electrons. The molecule has 5 nitrogen and oxygen atoms in total. The van der Waals surface area contributed by atoms with E-state index < -0.39 is 17.6 Å². The Kier molecular flexibility index (Phi) is 4.38. The van der Waals surface area contributed by atoms with E-state index in [0.29, 0.717) is 16.9 Å². The monoisotopic (exact) mass is 324 g/mol. The van der Waals surface area contributed by atoms with Gasteiger partial charge >= 0.3 is 0 Å². The summed E-state index contributed by atoms with van der Waals surface area (Å²) in [5.41, 5.74) is 1.28. The molecule has 2 N–H and O–H groups in total. The highest BCUT2D eigenvalue weighted by atomic mass is 19.1. The molecule has 0 aliphatic carbocycles. The van der Waals surface area contributed by atoms with E-state index in [1.165, 1.54) is 36.8 Å². The number of rotatable bonds is 4. The summed E-state index contributed by atoms with van der Waals surface area (Å²) in [4.78, 5) is 24.5. The minimum Gasteiger partial charge on any atom is -0.472 e. The third-order valence-corrected chi connectivity index (χ3v) is 3.29. The third kappa shape index (κ3) is 3.49. The highest BCUT2D eigenvalue weighted by molar-refractivity contribution is 6.12. The maximum atomic E-state index is 13.2. The van der Waals surface area contributed by atoms with Crippen LogP contribution in [0.5, 0.6) is 0 Å². The number of para-hydroxylation sites is 1. The molecule has 24 heavy (non-hydrogen) atoms. The highest BCUT2D eigenvalue weighted by Gasteiger charge is 2.15. The van der Waals surface area contributed by atoms with Crippen LogP contribution < -0.4 is 10.6 Å². The lowest BCUT2D eigenvalue weighted by Gasteiger charge is -2.11. The van der Waals surface area contributed by atoms with E-state index in [1.807, 2.05) is 0 Å². The molecule has 2 amide bonds. The van der Waals surface area contributed by atoms with Gasteiger partial charge in [-0.25, -0.2) is 4.39 Å². The van der Waals surface area contributed by atoms with Gasteiger partial charge in [-0.2, -0.15) is 0 Å². The van der Waals surface area contributed by atoms with Gasteiger partial charge in [-0.05, 0) is 36.4 Å². The number of hydrogen-bond donors (Lipinski definition) is 2. The molecule has 3 aromatic rings. The molecule has 0 saturated carbocycles. The second-order valence-electron chi connectivity index (χ2n) is 4.98. The fraction of sp³-hybridized carbons (Fsp3) is 0. The van der Waals surface area contributed by atoms with Crippen molar-refractivity contribution >= 4 is 23.2 Å². The third-order valence-electron chi connectivity index (χ3n) is 3.29. The van der Waals surface area contributed by atoms with Gasteiger partial charge in [-0.3, -0.25) is 9.59 Å². The Hall–Kier alpha value is -3.41. The Morgan fingerprint density at radius 1 is 0.917 bits per heavy atom. The van der Waals surface area contributed by atoms with Crippen LogP contribution in [0.4, 0.5) is 15.8 Å². The molecule has 3 rings (SSSR count). The van der Waals surface area contributed by atoms with Gasteiger partial charge < -0.3 is 15.1 Å². The van der Waals surface area contributed by atoms with Crippen molar-refractivity contribution in [3.63, 3.8) is 0 Å². The van der Waals surface area contributed by atoms with Crippen LogP contribution >= 0.6 is 0 Å². The Balaban J connectivity index is 1.80. The first-order valence-corrected chi connectivity index (χ1v) is 7.13. The highest BCUT2D eigenvalue weighted by Crippen LogP contribution is 2.19. The Morgan fingerprint density at radius 3 is 2.50 bits per heavy atom. The lowest BCUT2D eigenvalue weighted by atomic mass is 10.1. The summed E-state index contributed by atoms with van der Waals surface area (Å²) in [7, 11) is 0. The summed E-state index contributed by atoms with van der Waals surface area (Å²) in [6.45, 7) is 0. The smallest absolute Gasteiger partial charge is 0.258 e.